The van der Waals surface area contributed by atoms with Crippen LogP contribution in [0.1, 0.15) is 26.7 Å². The van der Waals surface area contributed by atoms with Gasteiger partial charge in [0, 0.05) is 6.61 Å². The maximum atomic E-state index is 10.9. The van der Waals surface area contributed by atoms with Crippen LogP contribution >= 0.6 is 0 Å². The monoisotopic (exact) mass is 195 g/mol. The average molecular weight is 195 g/mol. The molecule has 0 rings (SSSR count). The third kappa shape index (κ3) is 4.69. The van der Waals surface area contributed by atoms with E-state index in [9.17, 15) is 8.42 Å². The van der Waals surface area contributed by atoms with Gasteiger partial charge in [0.05, 0.1) is 11.9 Å². The van der Waals surface area contributed by atoms with Crippen molar-refractivity contribution in [2.45, 2.75) is 31.9 Å². The van der Waals surface area contributed by atoms with E-state index < -0.39 is 15.3 Å². The van der Waals surface area contributed by atoms with Crippen molar-refractivity contribution in [3.05, 3.63) is 0 Å². The largest absolute Gasteiger partial charge is 0.380 e. The van der Waals surface area contributed by atoms with Crippen molar-refractivity contribution in [3.8, 4) is 0 Å². The second-order valence-corrected chi connectivity index (χ2v) is 4.54. The first kappa shape index (κ1) is 11.9. The molecular weight excluding hydrogens is 178 g/mol. The highest BCUT2D eigenvalue weighted by Gasteiger charge is 2.18. The summed E-state index contributed by atoms with van der Waals surface area (Å²) in [5.74, 6) is 0. The zero-order valence-electron chi connectivity index (χ0n) is 7.62. The van der Waals surface area contributed by atoms with Crippen LogP contribution in [0.25, 0.3) is 0 Å². The van der Waals surface area contributed by atoms with E-state index in [0.717, 1.165) is 6.42 Å². The molecule has 1 atom stereocenters. The van der Waals surface area contributed by atoms with E-state index in [2.05, 4.69) is 0 Å². The van der Waals surface area contributed by atoms with E-state index in [1.807, 2.05) is 6.92 Å². The number of nitrogens with two attached hydrogens (primary N) is 1. The molecule has 0 aromatic heterocycles. The molecule has 0 aliphatic carbocycles. The molecule has 5 heteroatoms. The Morgan fingerprint density at radius 3 is 2.33 bits per heavy atom. The zero-order chi connectivity index (χ0) is 9.61. The third-order valence-electron chi connectivity index (χ3n) is 1.57. The van der Waals surface area contributed by atoms with E-state index in [1.165, 1.54) is 0 Å². The summed E-state index contributed by atoms with van der Waals surface area (Å²) in [4.78, 5) is 0. The van der Waals surface area contributed by atoms with Gasteiger partial charge in [-0.3, -0.25) is 0 Å². The first-order chi connectivity index (χ1) is 5.52. The standard InChI is InChI=1S/C7H17NO3S/c1-3-5-11-6-7(4-2)12(8,9)10/h7H,3-6H2,1-2H3,(H2,8,9,10)/t7-/m1/s1. The fraction of sp³-hybridized carbons (Fsp3) is 1.00. The van der Waals surface area contributed by atoms with Gasteiger partial charge < -0.3 is 4.74 Å². The maximum Gasteiger partial charge on any atom is 0.214 e. The smallest absolute Gasteiger partial charge is 0.214 e. The predicted molar refractivity (Wildman–Crippen MR) is 48.3 cm³/mol. The van der Waals surface area contributed by atoms with Gasteiger partial charge in [0.1, 0.15) is 0 Å². The molecule has 0 heterocycles. The Labute approximate surface area is 74.1 Å². The average Bonchev–Trinajstić information content (AvgIpc) is 1.95. The Morgan fingerprint density at radius 2 is 2.00 bits per heavy atom. The molecule has 0 aliphatic heterocycles. The summed E-state index contributed by atoms with van der Waals surface area (Å²) in [6.45, 7) is 4.55. The van der Waals surface area contributed by atoms with Crippen molar-refractivity contribution in [2.75, 3.05) is 13.2 Å². The molecule has 12 heavy (non-hydrogen) atoms. The third-order valence-corrected chi connectivity index (χ3v) is 2.97. The molecule has 74 valence electrons. The Hall–Kier alpha value is -0.130. The SMILES string of the molecule is CCCOC[C@@H](CC)S(N)(=O)=O. The van der Waals surface area contributed by atoms with Gasteiger partial charge in [-0.05, 0) is 12.8 Å². The maximum absolute atomic E-state index is 10.9. The van der Waals surface area contributed by atoms with Crippen LogP contribution in [0.2, 0.25) is 0 Å². The van der Waals surface area contributed by atoms with E-state index in [4.69, 9.17) is 9.88 Å². The van der Waals surface area contributed by atoms with E-state index in [1.54, 1.807) is 6.92 Å². The lowest BCUT2D eigenvalue weighted by atomic mass is 10.3. The molecule has 4 nitrogen and oxygen atoms in total. The molecule has 0 spiro atoms. The molecule has 0 unspecified atom stereocenters. The number of hydrogen-bond donors (Lipinski definition) is 1. The van der Waals surface area contributed by atoms with Crippen LogP contribution in [0.3, 0.4) is 0 Å². The van der Waals surface area contributed by atoms with Crippen molar-refractivity contribution in [1.82, 2.24) is 0 Å². The topological polar surface area (TPSA) is 69.4 Å². The van der Waals surface area contributed by atoms with Gasteiger partial charge in [0.25, 0.3) is 0 Å². The number of hydrogen-bond acceptors (Lipinski definition) is 3. The first-order valence-corrected chi connectivity index (χ1v) is 5.72. The lowest BCUT2D eigenvalue weighted by Crippen LogP contribution is -2.32. The number of ether oxygens (including phenoxy) is 1. The molecule has 2 N–H and O–H groups in total. The predicted octanol–water partition coefficient (Wildman–Crippen LogP) is 0.480. The molecule has 0 aromatic carbocycles. The second kappa shape index (κ2) is 5.50. The zero-order valence-corrected chi connectivity index (χ0v) is 8.43. The highest BCUT2D eigenvalue weighted by atomic mass is 32.2. The fourth-order valence-corrected chi connectivity index (χ4v) is 1.55. The van der Waals surface area contributed by atoms with E-state index in [0.29, 0.717) is 13.0 Å². The lowest BCUT2D eigenvalue weighted by Gasteiger charge is -2.11. The normalized spacial score (nSPS) is 14.6. The molecule has 0 saturated carbocycles. The van der Waals surface area contributed by atoms with Crippen molar-refractivity contribution < 1.29 is 13.2 Å². The Bertz CT molecular complexity index is 201. The minimum atomic E-state index is -3.42. The van der Waals surface area contributed by atoms with Crippen molar-refractivity contribution in [2.24, 2.45) is 5.14 Å². The van der Waals surface area contributed by atoms with Crippen molar-refractivity contribution >= 4 is 10.0 Å². The fourth-order valence-electron chi connectivity index (χ4n) is 0.804. The van der Waals surface area contributed by atoms with Crippen molar-refractivity contribution in [1.29, 1.82) is 0 Å². The van der Waals surface area contributed by atoms with Gasteiger partial charge in [-0.25, -0.2) is 13.6 Å². The minimum Gasteiger partial charge on any atom is -0.380 e. The Balaban J connectivity index is 3.85. The van der Waals surface area contributed by atoms with Crippen LogP contribution < -0.4 is 5.14 Å². The highest BCUT2D eigenvalue weighted by molar-refractivity contribution is 7.89. The summed E-state index contributed by atoms with van der Waals surface area (Å²) < 4.78 is 26.8. The van der Waals surface area contributed by atoms with Crippen LogP contribution in [-0.2, 0) is 14.8 Å². The molecule has 0 saturated heterocycles. The molecule has 0 radical (unpaired) electrons. The van der Waals surface area contributed by atoms with E-state index >= 15 is 0 Å². The molecule has 0 aliphatic rings. The van der Waals surface area contributed by atoms with Crippen molar-refractivity contribution in [3.63, 3.8) is 0 Å². The number of primary sulfonamides is 1. The van der Waals surface area contributed by atoms with Gasteiger partial charge in [-0.15, -0.1) is 0 Å². The van der Waals surface area contributed by atoms with Crippen LogP contribution in [-0.4, -0.2) is 26.9 Å². The highest BCUT2D eigenvalue weighted by Crippen LogP contribution is 2.02. The number of rotatable bonds is 6. The van der Waals surface area contributed by atoms with Crippen LogP contribution in [0.5, 0.6) is 0 Å². The van der Waals surface area contributed by atoms with Gasteiger partial charge in [-0.1, -0.05) is 13.8 Å². The summed E-state index contributed by atoms with van der Waals surface area (Å²) in [5, 5.41) is 4.41. The molecular formula is C7H17NO3S. The van der Waals surface area contributed by atoms with E-state index in [-0.39, 0.29) is 6.61 Å². The quantitative estimate of drug-likeness (QED) is 0.627. The first-order valence-electron chi connectivity index (χ1n) is 4.11. The van der Waals surface area contributed by atoms with Crippen LogP contribution in [0.15, 0.2) is 0 Å². The molecule has 0 amide bonds. The van der Waals surface area contributed by atoms with Gasteiger partial charge in [0.2, 0.25) is 10.0 Å². The summed E-state index contributed by atoms with van der Waals surface area (Å²) >= 11 is 0. The summed E-state index contributed by atoms with van der Waals surface area (Å²) in [7, 11) is -3.42. The molecule has 0 aromatic rings. The molecule has 0 fully saturated rings. The van der Waals surface area contributed by atoms with Gasteiger partial charge >= 0.3 is 0 Å². The summed E-state index contributed by atoms with van der Waals surface area (Å²) in [6, 6.07) is 0. The molecule has 0 bridgehead atoms. The Morgan fingerprint density at radius 1 is 1.42 bits per heavy atom. The Kier molecular flexibility index (Phi) is 5.44. The van der Waals surface area contributed by atoms with Gasteiger partial charge in [-0.2, -0.15) is 0 Å². The van der Waals surface area contributed by atoms with Gasteiger partial charge in [0.15, 0.2) is 0 Å². The summed E-state index contributed by atoms with van der Waals surface area (Å²) in [5.41, 5.74) is 0. The van der Waals surface area contributed by atoms with Crippen LogP contribution in [0, 0.1) is 0 Å². The minimum absolute atomic E-state index is 0.211. The van der Waals surface area contributed by atoms with Crippen LogP contribution in [0.4, 0.5) is 0 Å². The second-order valence-electron chi connectivity index (χ2n) is 2.69. The number of sulfonamides is 1. The lowest BCUT2D eigenvalue weighted by molar-refractivity contribution is 0.133. The summed E-state index contributed by atoms with van der Waals surface area (Å²) in [6.07, 6.45) is 1.39.